The summed E-state index contributed by atoms with van der Waals surface area (Å²) in [4.78, 5) is 2.49. The zero-order valence-electron chi connectivity index (χ0n) is 10.6. The topological polar surface area (TPSA) is 38.5 Å². The number of rotatable bonds is 4. The number of benzene rings is 1. The van der Waals surface area contributed by atoms with Crippen LogP contribution in [0.4, 0.5) is 5.69 Å². The molecule has 3 nitrogen and oxygen atoms in total. The van der Waals surface area contributed by atoms with Crippen molar-refractivity contribution in [2.75, 3.05) is 39.1 Å². The van der Waals surface area contributed by atoms with Crippen LogP contribution in [0, 0.1) is 0 Å². The van der Waals surface area contributed by atoms with E-state index in [4.69, 9.17) is 10.5 Å². The third-order valence-electron chi connectivity index (χ3n) is 3.53. The summed E-state index contributed by atoms with van der Waals surface area (Å²) in [5.41, 5.74) is 7.99. The quantitative estimate of drug-likeness (QED) is 0.811. The zero-order valence-corrected chi connectivity index (χ0v) is 10.6. The third-order valence-corrected chi connectivity index (χ3v) is 3.53. The van der Waals surface area contributed by atoms with Gasteiger partial charge in [0.15, 0.2) is 0 Å². The van der Waals surface area contributed by atoms with E-state index in [1.54, 1.807) is 7.11 Å². The lowest BCUT2D eigenvalue weighted by atomic mass is 9.90. The fourth-order valence-electron chi connectivity index (χ4n) is 2.52. The van der Waals surface area contributed by atoms with Gasteiger partial charge in [-0.1, -0.05) is 12.1 Å². The fraction of sp³-hybridized carbons (Fsp3) is 0.571. The molecule has 1 aromatic carbocycles. The molecule has 0 radical (unpaired) electrons. The van der Waals surface area contributed by atoms with Crippen LogP contribution in [-0.2, 0) is 4.74 Å². The predicted octanol–water partition coefficient (Wildman–Crippen LogP) is 2.09. The second kappa shape index (κ2) is 6.03. The van der Waals surface area contributed by atoms with Crippen molar-refractivity contribution >= 4 is 5.69 Å². The van der Waals surface area contributed by atoms with Crippen LogP contribution in [-0.4, -0.2) is 38.3 Å². The van der Waals surface area contributed by atoms with Crippen molar-refractivity contribution in [3.8, 4) is 0 Å². The molecule has 0 aromatic heterocycles. The van der Waals surface area contributed by atoms with Gasteiger partial charge in [-0.15, -0.1) is 0 Å². The van der Waals surface area contributed by atoms with Gasteiger partial charge in [-0.3, -0.25) is 0 Å². The van der Waals surface area contributed by atoms with E-state index in [1.807, 2.05) is 12.1 Å². The van der Waals surface area contributed by atoms with E-state index in [-0.39, 0.29) is 0 Å². The van der Waals surface area contributed by atoms with Crippen molar-refractivity contribution in [3.05, 3.63) is 29.8 Å². The summed E-state index contributed by atoms with van der Waals surface area (Å²) in [6.45, 7) is 4.22. The largest absolute Gasteiger partial charge is 0.399 e. The molecular weight excluding hydrogens is 212 g/mol. The monoisotopic (exact) mass is 234 g/mol. The Morgan fingerprint density at radius 3 is 2.82 bits per heavy atom. The van der Waals surface area contributed by atoms with Gasteiger partial charge in [0, 0.05) is 25.9 Å². The fourth-order valence-corrected chi connectivity index (χ4v) is 2.52. The average Bonchev–Trinajstić information content (AvgIpc) is 2.37. The van der Waals surface area contributed by atoms with Gasteiger partial charge in [0.05, 0.1) is 6.61 Å². The molecule has 1 aromatic rings. The van der Waals surface area contributed by atoms with Gasteiger partial charge in [-0.25, -0.2) is 0 Å². The van der Waals surface area contributed by atoms with Crippen LogP contribution >= 0.6 is 0 Å². The lowest BCUT2D eigenvalue weighted by Crippen LogP contribution is -2.36. The van der Waals surface area contributed by atoms with Crippen LogP contribution in [0.15, 0.2) is 24.3 Å². The SMILES string of the molecule is COCCN1CCCC(c2ccc(N)cc2)C1. The summed E-state index contributed by atoms with van der Waals surface area (Å²) in [5, 5.41) is 0. The maximum absolute atomic E-state index is 5.72. The lowest BCUT2D eigenvalue weighted by Gasteiger charge is -2.32. The van der Waals surface area contributed by atoms with Crippen molar-refractivity contribution in [2.24, 2.45) is 0 Å². The molecule has 1 fully saturated rings. The molecule has 0 amide bonds. The zero-order chi connectivity index (χ0) is 12.1. The normalized spacial score (nSPS) is 21.6. The molecule has 1 heterocycles. The number of anilines is 1. The van der Waals surface area contributed by atoms with E-state index in [0.29, 0.717) is 5.92 Å². The molecule has 1 saturated heterocycles. The summed E-state index contributed by atoms with van der Waals surface area (Å²) >= 11 is 0. The van der Waals surface area contributed by atoms with Crippen molar-refractivity contribution in [3.63, 3.8) is 0 Å². The van der Waals surface area contributed by atoms with E-state index < -0.39 is 0 Å². The molecule has 0 spiro atoms. The Kier molecular flexibility index (Phi) is 4.40. The van der Waals surface area contributed by atoms with Crippen molar-refractivity contribution in [1.82, 2.24) is 4.90 Å². The molecule has 0 bridgehead atoms. The Labute approximate surface area is 104 Å². The number of nitrogens with zero attached hydrogens (tertiary/aromatic N) is 1. The number of nitrogens with two attached hydrogens (primary N) is 1. The molecule has 3 heteroatoms. The molecule has 17 heavy (non-hydrogen) atoms. The highest BCUT2D eigenvalue weighted by Gasteiger charge is 2.20. The van der Waals surface area contributed by atoms with Gasteiger partial charge in [-0.2, -0.15) is 0 Å². The van der Waals surface area contributed by atoms with Gasteiger partial charge in [0.25, 0.3) is 0 Å². The molecule has 0 aliphatic carbocycles. The van der Waals surface area contributed by atoms with E-state index in [2.05, 4.69) is 17.0 Å². The van der Waals surface area contributed by atoms with Crippen LogP contribution in [0.1, 0.15) is 24.3 Å². The maximum Gasteiger partial charge on any atom is 0.0589 e. The standard InChI is InChI=1S/C14H22N2O/c1-17-10-9-16-8-2-3-13(11-16)12-4-6-14(15)7-5-12/h4-7,13H,2-3,8-11,15H2,1H3. The number of likely N-dealkylation sites (tertiary alicyclic amines) is 1. The summed E-state index contributed by atoms with van der Waals surface area (Å²) in [5.74, 6) is 0.654. The average molecular weight is 234 g/mol. The van der Waals surface area contributed by atoms with Gasteiger partial charge in [0.2, 0.25) is 0 Å². The highest BCUT2D eigenvalue weighted by atomic mass is 16.5. The first-order chi connectivity index (χ1) is 8.29. The van der Waals surface area contributed by atoms with Gasteiger partial charge < -0.3 is 15.4 Å². The number of methoxy groups -OCH3 is 1. The highest BCUT2D eigenvalue weighted by molar-refractivity contribution is 5.40. The predicted molar refractivity (Wildman–Crippen MR) is 71.1 cm³/mol. The first-order valence-electron chi connectivity index (χ1n) is 6.36. The number of nitrogen functional groups attached to an aromatic ring is 1. The molecular formula is C14H22N2O. The Balaban J connectivity index is 1.94. The van der Waals surface area contributed by atoms with E-state index in [9.17, 15) is 0 Å². The number of hydrogen-bond donors (Lipinski definition) is 1. The van der Waals surface area contributed by atoms with Gasteiger partial charge >= 0.3 is 0 Å². The second-order valence-corrected chi connectivity index (χ2v) is 4.80. The summed E-state index contributed by atoms with van der Waals surface area (Å²) in [7, 11) is 1.77. The third kappa shape index (κ3) is 3.45. The number of piperidine rings is 1. The van der Waals surface area contributed by atoms with E-state index in [1.165, 1.54) is 24.9 Å². The molecule has 2 rings (SSSR count). The van der Waals surface area contributed by atoms with Crippen molar-refractivity contribution < 1.29 is 4.74 Å². The van der Waals surface area contributed by atoms with Gasteiger partial charge in [0.1, 0.15) is 0 Å². The minimum Gasteiger partial charge on any atom is -0.399 e. The summed E-state index contributed by atoms with van der Waals surface area (Å²) in [6.07, 6.45) is 2.56. The smallest absolute Gasteiger partial charge is 0.0589 e. The van der Waals surface area contributed by atoms with Crippen LogP contribution in [0.5, 0.6) is 0 Å². The first kappa shape index (κ1) is 12.4. The van der Waals surface area contributed by atoms with Crippen LogP contribution in [0.3, 0.4) is 0 Å². The van der Waals surface area contributed by atoms with Crippen molar-refractivity contribution in [1.29, 1.82) is 0 Å². The first-order valence-corrected chi connectivity index (χ1v) is 6.36. The Morgan fingerprint density at radius 2 is 2.12 bits per heavy atom. The van der Waals surface area contributed by atoms with E-state index >= 15 is 0 Å². The van der Waals surface area contributed by atoms with Crippen LogP contribution < -0.4 is 5.73 Å². The molecule has 1 aliphatic heterocycles. The number of ether oxygens (including phenoxy) is 1. The highest BCUT2D eigenvalue weighted by Crippen LogP contribution is 2.27. The van der Waals surface area contributed by atoms with E-state index in [0.717, 1.165) is 25.4 Å². The molecule has 2 N–H and O–H groups in total. The van der Waals surface area contributed by atoms with Crippen molar-refractivity contribution in [2.45, 2.75) is 18.8 Å². The molecule has 1 unspecified atom stereocenters. The Hall–Kier alpha value is -1.06. The summed E-state index contributed by atoms with van der Waals surface area (Å²) in [6, 6.07) is 8.34. The second-order valence-electron chi connectivity index (χ2n) is 4.80. The number of hydrogen-bond acceptors (Lipinski definition) is 3. The lowest BCUT2D eigenvalue weighted by molar-refractivity contribution is 0.128. The minimum absolute atomic E-state index is 0.654. The Bertz CT molecular complexity index is 337. The minimum atomic E-state index is 0.654. The summed E-state index contributed by atoms with van der Waals surface area (Å²) < 4.78 is 5.14. The Morgan fingerprint density at radius 1 is 1.35 bits per heavy atom. The molecule has 94 valence electrons. The molecule has 1 aliphatic rings. The maximum atomic E-state index is 5.72. The van der Waals surface area contributed by atoms with Gasteiger partial charge in [-0.05, 0) is 43.0 Å². The van der Waals surface area contributed by atoms with Crippen LogP contribution in [0.25, 0.3) is 0 Å². The molecule has 0 saturated carbocycles. The molecule has 1 atom stereocenters. The van der Waals surface area contributed by atoms with Crippen LogP contribution in [0.2, 0.25) is 0 Å².